The van der Waals surface area contributed by atoms with Crippen LogP contribution in [0.15, 0.2) is 27.8 Å². The number of imidazole rings is 1. The summed E-state index contributed by atoms with van der Waals surface area (Å²) in [4.78, 5) is 29.2. The lowest BCUT2D eigenvalue weighted by molar-refractivity contribution is 0.0938. The molecule has 0 saturated heterocycles. The molecule has 0 aliphatic carbocycles. The second kappa shape index (κ2) is 9.09. The van der Waals surface area contributed by atoms with Gasteiger partial charge >= 0.3 is 5.69 Å². The summed E-state index contributed by atoms with van der Waals surface area (Å²) in [5.41, 5.74) is -0.764. The highest BCUT2D eigenvalue weighted by atomic mass is 35.5. The van der Waals surface area contributed by atoms with Crippen molar-refractivity contribution in [1.29, 1.82) is 0 Å². The number of aryl methyl sites for hydroxylation is 1. The van der Waals surface area contributed by atoms with Crippen LogP contribution in [0.1, 0.15) is 0 Å². The van der Waals surface area contributed by atoms with Gasteiger partial charge in [0.2, 0.25) is 5.95 Å². The minimum atomic E-state index is -1.04. The lowest BCUT2D eigenvalue weighted by atomic mass is 10.3. The second-order valence-corrected chi connectivity index (χ2v) is 7.46. The van der Waals surface area contributed by atoms with E-state index in [9.17, 15) is 14.7 Å². The number of fused-ring (bicyclic) bond motifs is 1. The molecule has 30 heavy (non-hydrogen) atoms. The molecule has 3 rings (SSSR count). The van der Waals surface area contributed by atoms with Crippen LogP contribution in [0.3, 0.4) is 0 Å². The Morgan fingerprint density at radius 1 is 1.23 bits per heavy atom. The topological polar surface area (TPSA) is 124 Å². The minimum absolute atomic E-state index is 0.0527. The highest BCUT2D eigenvalue weighted by Crippen LogP contribution is 2.27. The molecule has 1 aromatic carbocycles. The van der Waals surface area contributed by atoms with Crippen LogP contribution >= 0.6 is 23.2 Å². The van der Waals surface area contributed by atoms with Crippen molar-refractivity contribution in [3.63, 3.8) is 0 Å². The molecule has 2 aromatic heterocycles. The highest BCUT2D eigenvalue weighted by Gasteiger charge is 2.21. The summed E-state index contributed by atoms with van der Waals surface area (Å²) in [5.74, 6) is 0.591. The van der Waals surface area contributed by atoms with Gasteiger partial charge in [-0.3, -0.25) is 13.9 Å². The standard InChI is InChI=1S/C18H21Cl2N5O5/c1-23-15-14(16(28)24(2)18(23)29)25(17(22-15)21-5-6-26)8-11(27)9-30-13-4-3-10(19)7-12(13)20/h3-4,7,11,26-27H,5-6,8-9H2,1-2H3,(H,21,22)/t11-/m0/s1. The van der Waals surface area contributed by atoms with Gasteiger partial charge in [0, 0.05) is 25.7 Å². The fourth-order valence-electron chi connectivity index (χ4n) is 2.97. The van der Waals surface area contributed by atoms with Gasteiger partial charge in [-0.15, -0.1) is 0 Å². The molecule has 0 bridgehead atoms. The third-order valence-corrected chi connectivity index (χ3v) is 4.99. The molecule has 0 spiro atoms. The van der Waals surface area contributed by atoms with Gasteiger partial charge in [-0.25, -0.2) is 4.79 Å². The molecule has 0 amide bonds. The average Bonchev–Trinajstić information content (AvgIpc) is 3.06. The highest BCUT2D eigenvalue weighted by molar-refractivity contribution is 6.35. The number of rotatable bonds is 8. The molecule has 3 aromatic rings. The van der Waals surface area contributed by atoms with Crippen LogP contribution in [0, 0.1) is 0 Å². The zero-order chi connectivity index (χ0) is 22.0. The number of nitrogens with zero attached hydrogens (tertiary/aromatic N) is 4. The largest absolute Gasteiger partial charge is 0.489 e. The molecule has 2 heterocycles. The number of halogens is 2. The van der Waals surface area contributed by atoms with Crippen LogP contribution in [-0.2, 0) is 20.6 Å². The van der Waals surface area contributed by atoms with Crippen LogP contribution in [0.2, 0.25) is 10.0 Å². The van der Waals surface area contributed by atoms with Gasteiger partial charge in [-0.1, -0.05) is 23.2 Å². The van der Waals surface area contributed by atoms with Gasteiger partial charge in [0.15, 0.2) is 11.2 Å². The van der Waals surface area contributed by atoms with Crippen LogP contribution in [0.5, 0.6) is 5.75 Å². The van der Waals surface area contributed by atoms with Crippen molar-refractivity contribution in [1.82, 2.24) is 18.7 Å². The molecule has 1 atom stereocenters. The number of aliphatic hydroxyl groups excluding tert-OH is 2. The number of anilines is 1. The summed E-state index contributed by atoms with van der Waals surface area (Å²) >= 11 is 11.9. The first kappa shape index (κ1) is 22.2. The zero-order valence-corrected chi connectivity index (χ0v) is 17.8. The summed E-state index contributed by atoms with van der Waals surface area (Å²) in [5, 5.41) is 23.3. The van der Waals surface area contributed by atoms with E-state index in [1.54, 1.807) is 12.1 Å². The number of hydrogen-bond acceptors (Lipinski definition) is 7. The SMILES string of the molecule is Cn1c(=O)c2c(nc(NCCO)n2C[C@H](O)COc2ccc(Cl)cc2Cl)n(C)c1=O. The van der Waals surface area contributed by atoms with Crippen molar-refractivity contribution in [3.8, 4) is 5.75 Å². The van der Waals surface area contributed by atoms with Crippen molar-refractivity contribution in [2.75, 3.05) is 25.1 Å². The van der Waals surface area contributed by atoms with E-state index >= 15 is 0 Å². The lowest BCUT2D eigenvalue weighted by Crippen LogP contribution is -2.38. The summed E-state index contributed by atoms with van der Waals surface area (Å²) in [7, 11) is 2.86. The Bertz CT molecular complexity index is 1190. The number of aromatic nitrogens is 4. The molecule has 0 fully saturated rings. The molecule has 0 aliphatic heterocycles. The van der Waals surface area contributed by atoms with Crippen molar-refractivity contribution >= 4 is 40.3 Å². The van der Waals surface area contributed by atoms with E-state index in [2.05, 4.69) is 10.3 Å². The summed E-state index contributed by atoms with van der Waals surface area (Å²) in [6, 6.07) is 4.72. The van der Waals surface area contributed by atoms with Crippen LogP contribution in [0.4, 0.5) is 5.95 Å². The van der Waals surface area contributed by atoms with Gasteiger partial charge in [-0.05, 0) is 18.2 Å². The fourth-order valence-corrected chi connectivity index (χ4v) is 3.43. The second-order valence-electron chi connectivity index (χ2n) is 6.61. The number of ether oxygens (including phenoxy) is 1. The normalized spacial score (nSPS) is 12.3. The van der Waals surface area contributed by atoms with Crippen molar-refractivity contribution in [3.05, 3.63) is 49.1 Å². The van der Waals surface area contributed by atoms with Crippen molar-refractivity contribution in [2.24, 2.45) is 14.1 Å². The Labute approximate surface area is 180 Å². The van der Waals surface area contributed by atoms with Gasteiger partial charge in [0.05, 0.1) is 18.2 Å². The quantitative estimate of drug-likeness (QED) is 0.451. The van der Waals surface area contributed by atoms with Gasteiger partial charge in [-0.2, -0.15) is 4.98 Å². The minimum Gasteiger partial charge on any atom is -0.489 e. The Hall–Kier alpha value is -2.53. The number of nitrogens with one attached hydrogen (secondary N) is 1. The maximum Gasteiger partial charge on any atom is 0.332 e. The zero-order valence-electron chi connectivity index (χ0n) is 16.3. The van der Waals surface area contributed by atoms with Gasteiger partial charge < -0.3 is 24.8 Å². The van der Waals surface area contributed by atoms with Crippen molar-refractivity contribution < 1.29 is 14.9 Å². The molecule has 3 N–H and O–H groups in total. The van der Waals surface area contributed by atoms with Gasteiger partial charge in [0.1, 0.15) is 18.5 Å². The summed E-state index contributed by atoms with van der Waals surface area (Å²) in [6.07, 6.45) is -1.04. The average molecular weight is 458 g/mol. The summed E-state index contributed by atoms with van der Waals surface area (Å²) in [6.45, 7) is -0.166. The predicted molar refractivity (Wildman–Crippen MR) is 114 cm³/mol. The van der Waals surface area contributed by atoms with E-state index in [-0.39, 0.29) is 43.4 Å². The van der Waals surface area contributed by atoms with Crippen molar-refractivity contribution in [2.45, 2.75) is 12.6 Å². The Morgan fingerprint density at radius 2 is 1.97 bits per heavy atom. The number of aliphatic hydroxyl groups is 2. The molecule has 0 unspecified atom stereocenters. The molecule has 10 nitrogen and oxygen atoms in total. The Balaban J connectivity index is 1.93. The van der Waals surface area contributed by atoms with E-state index in [0.29, 0.717) is 15.8 Å². The smallest absolute Gasteiger partial charge is 0.332 e. The maximum atomic E-state index is 12.7. The monoisotopic (exact) mass is 457 g/mol. The third kappa shape index (κ3) is 4.31. The van der Waals surface area contributed by atoms with E-state index < -0.39 is 17.4 Å². The lowest BCUT2D eigenvalue weighted by Gasteiger charge is -2.16. The third-order valence-electron chi connectivity index (χ3n) is 4.46. The first-order valence-electron chi connectivity index (χ1n) is 9.01. The molecular weight excluding hydrogens is 437 g/mol. The number of hydrogen-bond donors (Lipinski definition) is 3. The molecular formula is C18H21Cl2N5O5. The van der Waals surface area contributed by atoms with Crippen LogP contribution < -0.4 is 21.3 Å². The molecule has 0 aliphatic rings. The summed E-state index contributed by atoms with van der Waals surface area (Å²) < 4.78 is 9.23. The fraction of sp³-hybridized carbons (Fsp3) is 0.389. The predicted octanol–water partition coefficient (Wildman–Crippen LogP) is 0.585. The molecule has 162 valence electrons. The molecule has 0 saturated carbocycles. The molecule has 12 heteroatoms. The van der Waals surface area contributed by atoms with Crippen LogP contribution in [-0.4, -0.2) is 54.8 Å². The van der Waals surface area contributed by atoms with E-state index in [0.717, 1.165) is 4.57 Å². The first-order chi connectivity index (χ1) is 14.2. The Morgan fingerprint density at radius 3 is 2.63 bits per heavy atom. The van der Waals surface area contributed by atoms with E-state index in [4.69, 9.17) is 33.0 Å². The van der Waals surface area contributed by atoms with Gasteiger partial charge in [0.25, 0.3) is 5.56 Å². The molecule has 0 radical (unpaired) electrons. The number of benzene rings is 1. The van der Waals surface area contributed by atoms with E-state index in [1.807, 2.05) is 0 Å². The first-order valence-corrected chi connectivity index (χ1v) is 9.77. The Kier molecular flexibility index (Phi) is 6.71. The van der Waals surface area contributed by atoms with Crippen LogP contribution in [0.25, 0.3) is 11.2 Å². The van der Waals surface area contributed by atoms with E-state index in [1.165, 1.54) is 29.3 Å². The maximum absolute atomic E-state index is 12.7.